The van der Waals surface area contributed by atoms with Gasteiger partial charge in [0.15, 0.2) is 5.76 Å². The van der Waals surface area contributed by atoms with Gasteiger partial charge in [-0.3, -0.25) is 4.79 Å². The number of aryl methyl sites for hydroxylation is 2. The van der Waals surface area contributed by atoms with Crippen molar-refractivity contribution in [2.24, 2.45) is 0 Å². The first-order valence-corrected chi connectivity index (χ1v) is 9.03. The number of amides is 1. The lowest BCUT2D eigenvalue weighted by atomic mass is 10.1. The van der Waals surface area contributed by atoms with Crippen molar-refractivity contribution in [1.82, 2.24) is 20.3 Å². The third kappa shape index (κ3) is 3.71. The molecule has 4 aromatic rings. The van der Waals surface area contributed by atoms with Crippen LogP contribution in [0, 0.1) is 13.8 Å². The summed E-state index contributed by atoms with van der Waals surface area (Å²) in [6.07, 6.45) is 1.76. The van der Waals surface area contributed by atoms with Crippen molar-refractivity contribution in [2.75, 3.05) is 0 Å². The number of aromatic nitrogens is 3. The number of nitrogens with zero attached hydrogens (tertiary/aromatic N) is 3. The molecule has 2 aromatic heterocycles. The second-order valence-electron chi connectivity index (χ2n) is 6.66. The first kappa shape index (κ1) is 17.7. The highest BCUT2D eigenvalue weighted by Gasteiger charge is 2.19. The van der Waals surface area contributed by atoms with Crippen molar-refractivity contribution in [2.45, 2.75) is 20.4 Å². The fraction of sp³-hybridized carbons (Fsp3) is 0.136. The van der Waals surface area contributed by atoms with Gasteiger partial charge in [0.1, 0.15) is 5.69 Å². The molecule has 0 radical (unpaired) electrons. The van der Waals surface area contributed by atoms with E-state index in [-0.39, 0.29) is 12.5 Å². The standard InChI is InChI=1S/C22H20N4O2/c1-15-7-6-8-17(11-15)21-20(14-26(24-21)18-9-4-3-5-10-18)22(27)23-13-19-12-16(2)25-28-19/h3-12,14H,13H2,1-2H3,(H,23,27). The van der Waals surface area contributed by atoms with Crippen molar-refractivity contribution in [3.8, 4) is 16.9 Å². The Labute approximate surface area is 162 Å². The molecule has 140 valence electrons. The number of rotatable bonds is 5. The zero-order valence-electron chi connectivity index (χ0n) is 15.7. The fourth-order valence-corrected chi connectivity index (χ4v) is 3.02. The van der Waals surface area contributed by atoms with Gasteiger partial charge in [-0.25, -0.2) is 4.68 Å². The van der Waals surface area contributed by atoms with Crippen molar-refractivity contribution >= 4 is 5.91 Å². The van der Waals surface area contributed by atoms with E-state index in [0.717, 1.165) is 22.5 Å². The molecule has 0 saturated heterocycles. The molecule has 6 heteroatoms. The van der Waals surface area contributed by atoms with E-state index in [1.165, 1.54) is 0 Å². The predicted octanol–water partition coefficient (Wildman–Crippen LogP) is 4.07. The molecule has 4 rings (SSSR count). The summed E-state index contributed by atoms with van der Waals surface area (Å²) in [6.45, 7) is 4.13. The van der Waals surface area contributed by atoms with Gasteiger partial charge in [0, 0.05) is 17.8 Å². The van der Waals surface area contributed by atoms with Gasteiger partial charge in [0.05, 0.1) is 23.5 Å². The lowest BCUT2D eigenvalue weighted by Crippen LogP contribution is -2.22. The average Bonchev–Trinajstić information content (AvgIpc) is 3.33. The smallest absolute Gasteiger partial charge is 0.255 e. The highest BCUT2D eigenvalue weighted by Crippen LogP contribution is 2.24. The van der Waals surface area contributed by atoms with E-state index in [1.54, 1.807) is 16.9 Å². The highest BCUT2D eigenvalue weighted by atomic mass is 16.5. The number of nitrogens with one attached hydrogen (secondary N) is 1. The minimum absolute atomic E-state index is 0.215. The number of carbonyl (C=O) groups is 1. The fourth-order valence-electron chi connectivity index (χ4n) is 3.02. The van der Waals surface area contributed by atoms with Gasteiger partial charge in [0.25, 0.3) is 5.91 Å². The van der Waals surface area contributed by atoms with Gasteiger partial charge in [-0.1, -0.05) is 47.1 Å². The van der Waals surface area contributed by atoms with Gasteiger partial charge in [0.2, 0.25) is 0 Å². The summed E-state index contributed by atoms with van der Waals surface area (Å²) >= 11 is 0. The van der Waals surface area contributed by atoms with Crippen LogP contribution in [0.25, 0.3) is 16.9 Å². The Morgan fingerprint density at radius 2 is 1.89 bits per heavy atom. The molecule has 28 heavy (non-hydrogen) atoms. The second kappa shape index (κ2) is 7.52. The van der Waals surface area contributed by atoms with Crippen LogP contribution in [-0.4, -0.2) is 20.8 Å². The van der Waals surface area contributed by atoms with E-state index in [0.29, 0.717) is 17.0 Å². The van der Waals surface area contributed by atoms with Gasteiger partial charge >= 0.3 is 0 Å². The molecule has 2 heterocycles. The zero-order chi connectivity index (χ0) is 19.5. The van der Waals surface area contributed by atoms with Gasteiger partial charge in [-0.15, -0.1) is 0 Å². The average molecular weight is 372 g/mol. The Morgan fingerprint density at radius 1 is 1.07 bits per heavy atom. The maximum atomic E-state index is 12.9. The number of hydrogen-bond acceptors (Lipinski definition) is 4. The molecule has 2 aromatic carbocycles. The maximum absolute atomic E-state index is 12.9. The van der Waals surface area contributed by atoms with Gasteiger partial charge in [-0.05, 0) is 32.0 Å². The van der Waals surface area contributed by atoms with Crippen LogP contribution in [-0.2, 0) is 6.54 Å². The minimum atomic E-state index is -0.215. The van der Waals surface area contributed by atoms with Crippen LogP contribution in [0.1, 0.15) is 27.4 Å². The predicted molar refractivity (Wildman–Crippen MR) is 106 cm³/mol. The molecule has 1 amide bonds. The highest BCUT2D eigenvalue weighted by molar-refractivity contribution is 5.99. The molecule has 1 N–H and O–H groups in total. The monoisotopic (exact) mass is 372 g/mol. The molecule has 0 bridgehead atoms. The normalized spacial score (nSPS) is 10.8. The van der Waals surface area contributed by atoms with Crippen LogP contribution >= 0.6 is 0 Å². The number of hydrogen-bond donors (Lipinski definition) is 1. The van der Waals surface area contributed by atoms with Crippen molar-refractivity contribution in [3.05, 3.63) is 89.4 Å². The summed E-state index contributed by atoms with van der Waals surface area (Å²) in [5.41, 5.74) is 4.82. The summed E-state index contributed by atoms with van der Waals surface area (Å²) in [4.78, 5) is 12.9. The van der Waals surface area contributed by atoms with E-state index in [2.05, 4.69) is 10.5 Å². The Morgan fingerprint density at radius 3 is 2.61 bits per heavy atom. The van der Waals surface area contributed by atoms with E-state index in [1.807, 2.05) is 68.4 Å². The molecular formula is C22H20N4O2. The Hall–Kier alpha value is -3.67. The number of carbonyl (C=O) groups excluding carboxylic acids is 1. The van der Waals surface area contributed by atoms with E-state index in [4.69, 9.17) is 9.62 Å². The Kier molecular flexibility index (Phi) is 4.76. The zero-order valence-corrected chi connectivity index (χ0v) is 15.7. The first-order chi connectivity index (χ1) is 13.6. The number of para-hydroxylation sites is 1. The molecule has 0 atom stereocenters. The summed E-state index contributed by atoms with van der Waals surface area (Å²) in [6, 6.07) is 19.5. The molecule has 0 aliphatic carbocycles. The van der Waals surface area contributed by atoms with Gasteiger partial charge < -0.3 is 9.84 Å². The lowest BCUT2D eigenvalue weighted by Gasteiger charge is -2.04. The molecular weight excluding hydrogens is 352 g/mol. The molecule has 0 aliphatic heterocycles. The Bertz CT molecular complexity index is 1110. The topological polar surface area (TPSA) is 73.0 Å². The quantitative estimate of drug-likeness (QED) is 0.573. The maximum Gasteiger partial charge on any atom is 0.255 e. The lowest BCUT2D eigenvalue weighted by molar-refractivity contribution is 0.0947. The van der Waals surface area contributed by atoms with E-state index in [9.17, 15) is 4.79 Å². The molecule has 0 fully saturated rings. The van der Waals surface area contributed by atoms with Crippen LogP contribution in [0.5, 0.6) is 0 Å². The van der Waals surface area contributed by atoms with Crippen LogP contribution < -0.4 is 5.32 Å². The molecule has 0 unspecified atom stereocenters. The van der Waals surface area contributed by atoms with Crippen LogP contribution in [0.2, 0.25) is 0 Å². The van der Waals surface area contributed by atoms with E-state index >= 15 is 0 Å². The Balaban J connectivity index is 1.69. The summed E-state index contributed by atoms with van der Waals surface area (Å²) in [5.74, 6) is 0.395. The largest absolute Gasteiger partial charge is 0.359 e. The minimum Gasteiger partial charge on any atom is -0.359 e. The third-order valence-electron chi connectivity index (χ3n) is 4.37. The van der Waals surface area contributed by atoms with Crippen molar-refractivity contribution < 1.29 is 9.32 Å². The molecule has 0 saturated carbocycles. The third-order valence-corrected chi connectivity index (χ3v) is 4.37. The van der Waals surface area contributed by atoms with E-state index < -0.39 is 0 Å². The molecule has 6 nitrogen and oxygen atoms in total. The first-order valence-electron chi connectivity index (χ1n) is 9.03. The summed E-state index contributed by atoms with van der Waals surface area (Å²) < 4.78 is 6.90. The van der Waals surface area contributed by atoms with Crippen LogP contribution in [0.15, 0.2) is 71.4 Å². The molecule has 0 spiro atoms. The molecule has 0 aliphatic rings. The summed E-state index contributed by atoms with van der Waals surface area (Å²) in [5, 5.41) is 11.4. The van der Waals surface area contributed by atoms with Crippen molar-refractivity contribution in [3.63, 3.8) is 0 Å². The summed E-state index contributed by atoms with van der Waals surface area (Å²) in [7, 11) is 0. The van der Waals surface area contributed by atoms with Gasteiger partial charge in [-0.2, -0.15) is 5.10 Å². The SMILES string of the molecule is Cc1cccc(-c2nn(-c3ccccc3)cc2C(=O)NCc2cc(C)no2)c1. The van der Waals surface area contributed by atoms with Crippen LogP contribution in [0.3, 0.4) is 0 Å². The second-order valence-corrected chi connectivity index (χ2v) is 6.66. The van der Waals surface area contributed by atoms with Crippen LogP contribution in [0.4, 0.5) is 0 Å². The number of benzene rings is 2. The van der Waals surface area contributed by atoms with Crippen molar-refractivity contribution in [1.29, 1.82) is 0 Å².